The van der Waals surface area contributed by atoms with Crippen molar-refractivity contribution in [3.8, 4) is 6.19 Å². The largest absolute Gasteiger partial charge is 0.315 e. The van der Waals surface area contributed by atoms with Crippen molar-refractivity contribution in [1.29, 1.82) is 5.26 Å². The number of rotatable bonds is 1. The minimum absolute atomic E-state index is 0.0182. The van der Waals surface area contributed by atoms with Crippen molar-refractivity contribution in [2.75, 3.05) is 13.1 Å². The molecule has 0 aromatic rings. The van der Waals surface area contributed by atoms with Gasteiger partial charge in [-0.15, -0.1) is 0 Å². The van der Waals surface area contributed by atoms with Crippen molar-refractivity contribution in [2.24, 2.45) is 5.92 Å². The van der Waals surface area contributed by atoms with Gasteiger partial charge in [0, 0.05) is 13.1 Å². The summed E-state index contributed by atoms with van der Waals surface area (Å²) in [5, 5.41) is 13.0. The second kappa shape index (κ2) is 2.46. The summed E-state index contributed by atoms with van der Waals surface area (Å²) in [6.45, 7) is 1.40. The van der Waals surface area contributed by atoms with Crippen molar-refractivity contribution in [1.82, 2.24) is 10.6 Å². The maximum Gasteiger partial charge on any atom is 0.238 e. The van der Waals surface area contributed by atoms with E-state index >= 15 is 0 Å². The normalized spacial score (nSPS) is 17.7. The van der Waals surface area contributed by atoms with Gasteiger partial charge in [0.05, 0.1) is 5.92 Å². The van der Waals surface area contributed by atoms with Crippen LogP contribution in [0.1, 0.15) is 0 Å². The molecule has 1 saturated heterocycles. The minimum Gasteiger partial charge on any atom is -0.315 e. The Balaban J connectivity index is 2.26. The standard InChI is InChI=1S/C5H7N3O/c6-3-8-5(9)4-1-7-2-4/h4,7H,1-2H2,(H,8,9). The molecule has 48 valence electrons. The van der Waals surface area contributed by atoms with Gasteiger partial charge in [-0.3, -0.25) is 10.1 Å². The zero-order chi connectivity index (χ0) is 6.69. The van der Waals surface area contributed by atoms with E-state index in [0.717, 1.165) is 0 Å². The van der Waals surface area contributed by atoms with E-state index in [0.29, 0.717) is 13.1 Å². The molecule has 1 amide bonds. The molecule has 1 fully saturated rings. The number of amides is 1. The fourth-order valence-corrected chi connectivity index (χ4v) is 0.631. The highest BCUT2D eigenvalue weighted by atomic mass is 16.1. The van der Waals surface area contributed by atoms with Crippen molar-refractivity contribution in [2.45, 2.75) is 0 Å². The maximum absolute atomic E-state index is 10.7. The molecule has 0 unspecified atom stereocenters. The molecular formula is C5H7N3O. The zero-order valence-electron chi connectivity index (χ0n) is 4.85. The highest BCUT2D eigenvalue weighted by Crippen LogP contribution is 2.00. The minimum atomic E-state index is -0.170. The first-order chi connectivity index (χ1) is 4.34. The highest BCUT2D eigenvalue weighted by molar-refractivity contribution is 5.81. The van der Waals surface area contributed by atoms with Gasteiger partial charge in [-0.1, -0.05) is 0 Å². The number of carbonyl (C=O) groups excluding carboxylic acids is 1. The Kier molecular flexibility index (Phi) is 1.66. The van der Waals surface area contributed by atoms with Gasteiger partial charge < -0.3 is 5.32 Å². The predicted molar refractivity (Wildman–Crippen MR) is 30.1 cm³/mol. The van der Waals surface area contributed by atoms with E-state index in [1.807, 2.05) is 0 Å². The molecule has 0 spiro atoms. The van der Waals surface area contributed by atoms with E-state index < -0.39 is 0 Å². The van der Waals surface area contributed by atoms with Gasteiger partial charge >= 0.3 is 0 Å². The lowest BCUT2D eigenvalue weighted by Gasteiger charge is -2.24. The van der Waals surface area contributed by atoms with Crippen LogP contribution in [0.2, 0.25) is 0 Å². The van der Waals surface area contributed by atoms with Gasteiger partial charge in [-0.05, 0) is 0 Å². The van der Waals surface area contributed by atoms with Gasteiger partial charge in [-0.25, -0.2) is 0 Å². The molecule has 0 saturated carbocycles. The van der Waals surface area contributed by atoms with Crippen LogP contribution < -0.4 is 10.6 Å². The van der Waals surface area contributed by atoms with Crippen LogP contribution in [-0.2, 0) is 4.79 Å². The second-order valence-corrected chi connectivity index (χ2v) is 1.96. The Morgan fingerprint density at radius 3 is 2.78 bits per heavy atom. The third-order valence-corrected chi connectivity index (χ3v) is 1.33. The molecule has 4 nitrogen and oxygen atoms in total. The SMILES string of the molecule is N#CNC(=O)C1CNC1. The molecule has 0 aromatic carbocycles. The molecule has 0 aliphatic carbocycles. The van der Waals surface area contributed by atoms with E-state index in [1.54, 1.807) is 6.19 Å². The van der Waals surface area contributed by atoms with Gasteiger partial charge in [0.15, 0.2) is 6.19 Å². The second-order valence-electron chi connectivity index (χ2n) is 1.96. The molecule has 1 rings (SSSR count). The third kappa shape index (κ3) is 1.18. The summed E-state index contributed by atoms with van der Waals surface area (Å²) >= 11 is 0. The summed E-state index contributed by atoms with van der Waals surface area (Å²) in [5.74, 6) is -0.152. The summed E-state index contributed by atoms with van der Waals surface area (Å²) in [4.78, 5) is 10.7. The van der Waals surface area contributed by atoms with Gasteiger partial charge in [-0.2, -0.15) is 5.26 Å². The summed E-state index contributed by atoms with van der Waals surface area (Å²) in [5.41, 5.74) is 0. The number of carbonyl (C=O) groups is 1. The quantitative estimate of drug-likeness (QED) is 0.342. The molecule has 1 aliphatic heterocycles. The Morgan fingerprint density at radius 1 is 1.78 bits per heavy atom. The first-order valence-electron chi connectivity index (χ1n) is 2.74. The van der Waals surface area contributed by atoms with Gasteiger partial charge in [0.2, 0.25) is 5.91 Å². The molecule has 0 radical (unpaired) electrons. The van der Waals surface area contributed by atoms with Crippen molar-refractivity contribution >= 4 is 5.91 Å². The van der Waals surface area contributed by atoms with Crippen LogP contribution in [0, 0.1) is 17.4 Å². The number of hydrogen-bond donors (Lipinski definition) is 2. The Morgan fingerprint density at radius 2 is 2.44 bits per heavy atom. The summed E-state index contributed by atoms with van der Waals surface area (Å²) in [6, 6.07) is 0. The van der Waals surface area contributed by atoms with Crippen molar-refractivity contribution in [3.63, 3.8) is 0 Å². The average molecular weight is 125 g/mol. The lowest BCUT2D eigenvalue weighted by atomic mass is 10.0. The molecule has 9 heavy (non-hydrogen) atoms. The maximum atomic E-state index is 10.7. The monoisotopic (exact) mass is 125 g/mol. The van der Waals surface area contributed by atoms with Crippen LogP contribution in [0.4, 0.5) is 0 Å². The highest BCUT2D eigenvalue weighted by Gasteiger charge is 2.24. The molecule has 0 aromatic heterocycles. The topological polar surface area (TPSA) is 64.9 Å². The van der Waals surface area contributed by atoms with Crippen LogP contribution in [-0.4, -0.2) is 19.0 Å². The smallest absolute Gasteiger partial charge is 0.238 e. The van der Waals surface area contributed by atoms with Crippen LogP contribution >= 0.6 is 0 Å². The van der Waals surface area contributed by atoms with Crippen molar-refractivity contribution < 1.29 is 4.79 Å². The van der Waals surface area contributed by atoms with Crippen LogP contribution in [0.5, 0.6) is 0 Å². The van der Waals surface area contributed by atoms with E-state index in [2.05, 4.69) is 10.6 Å². The van der Waals surface area contributed by atoms with Gasteiger partial charge in [0.25, 0.3) is 0 Å². The first-order valence-corrected chi connectivity index (χ1v) is 2.74. The fraction of sp³-hybridized carbons (Fsp3) is 0.600. The Bertz CT molecular complexity index is 156. The van der Waals surface area contributed by atoms with E-state index in [4.69, 9.17) is 5.26 Å². The summed E-state index contributed by atoms with van der Waals surface area (Å²) < 4.78 is 0. The van der Waals surface area contributed by atoms with Crippen LogP contribution in [0.25, 0.3) is 0 Å². The average Bonchev–Trinajstić information content (AvgIpc) is 1.60. The first kappa shape index (κ1) is 6.05. The molecule has 0 bridgehead atoms. The zero-order valence-corrected chi connectivity index (χ0v) is 4.85. The lowest BCUT2D eigenvalue weighted by molar-refractivity contribution is -0.125. The van der Waals surface area contributed by atoms with E-state index in [-0.39, 0.29) is 11.8 Å². The molecule has 0 atom stereocenters. The number of nitriles is 1. The number of nitrogens with zero attached hydrogens (tertiary/aromatic N) is 1. The predicted octanol–water partition coefficient (Wildman–Crippen LogP) is -1.20. The Labute approximate surface area is 52.8 Å². The Hall–Kier alpha value is -1.08. The third-order valence-electron chi connectivity index (χ3n) is 1.33. The van der Waals surface area contributed by atoms with Gasteiger partial charge in [0.1, 0.15) is 0 Å². The molecule has 4 heteroatoms. The lowest BCUT2D eigenvalue weighted by Crippen LogP contribution is -2.49. The molecule has 2 N–H and O–H groups in total. The van der Waals surface area contributed by atoms with E-state index in [9.17, 15) is 4.79 Å². The number of hydrogen-bond acceptors (Lipinski definition) is 3. The van der Waals surface area contributed by atoms with Crippen LogP contribution in [0.3, 0.4) is 0 Å². The van der Waals surface area contributed by atoms with Crippen molar-refractivity contribution in [3.05, 3.63) is 0 Å². The number of nitrogens with one attached hydrogen (secondary N) is 2. The molecule has 1 heterocycles. The summed E-state index contributed by atoms with van der Waals surface area (Å²) in [6.07, 6.45) is 1.59. The fourth-order valence-electron chi connectivity index (χ4n) is 0.631. The molecular weight excluding hydrogens is 118 g/mol. The molecule has 1 aliphatic rings. The summed E-state index contributed by atoms with van der Waals surface area (Å²) in [7, 11) is 0. The van der Waals surface area contributed by atoms with Crippen LogP contribution in [0.15, 0.2) is 0 Å². The van der Waals surface area contributed by atoms with E-state index in [1.165, 1.54) is 0 Å².